The zero-order valence-electron chi connectivity index (χ0n) is 21.6. The highest BCUT2D eigenvalue weighted by Crippen LogP contribution is 2.72. The summed E-state index contributed by atoms with van der Waals surface area (Å²) in [7, 11) is 0. The molecular formula is C28H39F2NO4. The van der Waals surface area contributed by atoms with Gasteiger partial charge < -0.3 is 5.11 Å². The lowest BCUT2D eigenvalue weighted by Gasteiger charge is -2.62. The molecular weight excluding hydrogens is 452 g/mol. The molecule has 1 N–H and O–H groups in total. The molecule has 0 bridgehead atoms. The van der Waals surface area contributed by atoms with Crippen molar-refractivity contribution < 1.29 is 28.3 Å². The summed E-state index contributed by atoms with van der Waals surface area (Å²) >= 11 is 0. The van der Waals surface area contributed by atoms with Crippen molar-refractivity contribution in [3.05, 3.63) is 23.8 Å². The average Bonchev–Trinajstić information content (AvgIpc) is 3.26. The van der Waals surface area contributed by atoms with Crippen molar-refractivity contribution in [3.63, 3.8) is 0 Å². The second-order valence-corrected chi connectivity index (χ2v) is 13.3. The summed E-state index contributed by atoms with van der Waals surface area (Å²) in [5.74, 6) is -1.73. The van der Waals surface area contributed by atoms with Crippen LogP contribution in [0.15, 0.2) is 23.8 Å². The third kappa shape index (κ3) is 3.19. The van der Waals surface area contributed by atoms with E-state index in [-0.39, 0.29) is 29.5 Å². The Bertz CT molecular complexity index is 1000. The molecule has 4 aliphatic carbocycles. The van der Waals surface area contributed by atoms with Crippen LogP contribution in [0.3, 0.4) is 0 Å². The molecule has 5 nitrogen and oxygen atoms in total. The monoisotopic (exact) mass is 491 g/mol. The van der Waals surface area contributed by atoms with Gasteiger partial charge in [-0.15, -0.1) is 0 Å². The maximum atomic E-state index is 17.3. The Morgan fingerprint density at radius 1 is 1.29 bits per heavy atom. The zero-order chi connectivity index (χ0) is 25.6. The Morgan fingerprint density at radius 2 is 2.00 bits per heavy atom. The van der Waals surface area contributed by atoms with Crippen LogP contribution >= 0.6 is 0 Å². The highest BCUT2D eigenvalue weighted by molar-refractivity contribution is 6.01. The van der Waals surface area contributed by atoms with Crippen LogP contribution in [-0.4, -0.2) is 58.9 Å². The fourth-order valence-corrected chi connectivity index (χ4v) is 8.52. The van der Waals surface area contributed by atoms with Crippen molar-refractivity contribution in [2.24, 2.45) is 34.0 Å². The van der Waals surface area contributed by atoms with Gasteiger partial charge in [-0.2, -0.15) is 5.06 Å². The van der Waals surface area contributed by atoms with E-state index < -0.39 is 46.6 Å². The third-order valence-corrected chi connectivity index (χ3v) is 10.3. The first-order valence-electron chi connectivity index (χ1n) is 13.1. The van der Waals surface area contributed by atoms with Crippen LogP contribution in [0.25, 0.3) is 0 Å². The first-order valence-corrected chi connectivity index (χ1v) is 13.1. The molecule has 0 aromatic heterocycles. The Labute approximate surface area is 206 Å². The molecule has 194 valence electrons. The van der Waals surface area contributed by atoms with Gasteiger partial charge in [-0.1, -0.05) is 39.3 Å². The van der Waals surface area contributed by atoms with E-state index in [0.29, 0.717) is 32.4 Å². The van der Waals surface area contributed by atoms with Crippen LogP contribution in [0.2, 0.25) is 0 Å². The molecule has 0 amide bonds. The number of carbonyl (C=O) groups is 2. The zero-order valence-corrected chi connectivity index (χ0v) is 21.6. The molecule has 7 heteroatoms. The van der Waals surface area contributed by atoms with E-state index >= 15 is 4.39 Å². The summed E-state index contributed by atoms with van der Waals surface area (Å²) in [6.07, 6.45) is 5.68. The van der Waals surface area contributed by atoms with Gasteiger partial charge in [0, 0.05) is 35.8 Å². The highest BCUT2D eigenvalue weighted by Gasteiger charge is 2.78. The van der Waals surface area contributed by atoms with Crippen LogP contribution in [-0.2, 0) is 14.4 Å². The van der Waals surface area contributed by atoms with Gasteiger partial charge in [-0.05, 0) is 62.5 Å². The van der Waals surface area contributed by atoms with E-state index in [1.165, 1.54) is 12.2 Å². The molecule has 1 heterocycles. The summed E-state index contributed by atoms with van der Waals surface area (Å²) in [4.78, 5) is 31.8. The maximum absolute atomic E-state index is 17.3. The molecule has 5 rings (SSSR count). The fourth-order valence-electron chi connectivity index (χ4n) is 8.52. The smallest absolute Gasteiger partial charge is 0.198 e. The van der Waals surface area contributed by atoms with E-state index in [2.05, 4.69) is 20.8 Å². The number of ketones is 2. The van der Waals surface area contributed by atoms with Crippen molar-refractivity contribution >= 4 is 11.6 Å². The second-order valence-electron chi connectivity index (χ2n) is 13.3. The summed E-state index contributed by atoms with van der Waals surface area (Å²) < 4.78 is 31.4. The van der Waals surface area contributed by atoms with Crippen molar-refractivity contribution in [1.29, 1.82) is 0 Å². The molecule has 1 aliphatic heterocycles. The van der Waals surface area contributed by atoms with E-state index in [9.17, 15) is 19.1 Å². The number of Topliss-reactive ketones (excluding diaryl/α,β-unsaturated/α-hetero) is 1. The Balaban J connectivity index is 1.53. The number of fused-ring (bicyclic) bond motifs is 7. The standard InChI is InChI=1S/C28H39F2NO4/c1-24(2,3)10-11-31-16-18-13-21-20-7-6-17-12-19(32)8-9-25(17,4)27(20,30)22(33)14-26(21,5)28(18,35-31)23(34)15-29/h8-9,12,18,20-22,33H,6-7,10-11,13-16H2,1-5H3/t18-,20-,21-,22-,25-,26-,27-,28-/m0/s1. The molecule has 0 radical (unpaired) electrons. The number of aliphatic hydroxyl groups excluding tert-OH is 1. The van der Waals surface area contributed by atoms with Crippen LogP contribution in [0.5, 0.6) is 0 Å². The number of hydrogen-bond donors (Lipinski definition) is 1. The summed E-state index contributed by atoms with van der Waals surface area (Å²) in [5.41, 5.74) is -4.52. The van der Waals surface area contributed by atoms with Gasteiger partial charge in [0.2, 0.25) is 0 Å². The second kappa shape index (κ2) is 7.78. The van der Waals surface area contributed by atoms with Crippen molar-refractivity contribution in [2.45, 2.75) is 84.1 Å². The molecule has 0 aromatic rings. The predicted molar refractivity (Wildman–Crippen MR) is 128 cm³/mol. The summed E-state index contributed by atoms with van der Waals surface area (Å²) in [6, 6.07) is 0. The molecule has 0 unspecified atom stereocenters. The van der Waals surface area contributed by atoms with Gasteiger partial charge in [0.15, 0.2) is 29.5 Å². The molecule has 0 aromatic carbocycles. The number of rotatable bonds is 4. The molecule has 4 fully saturated rings. The maximum Gasteiger partial charge on any atom is 0.198 e. The molecule has 3 saturated carbocycles. The number of hydrogen-bond acceptors (Lipinski definition) is 5. The van der Waals surface area contributed by atoms with Crippen molar-refractivity contribution in [3.8, 4) is 0 Å². The minimum Gasteiger partial charge on any atom is -0.390 e. The van der Waals surface area contributed by atoms with E-state index in [0.717, 1.165) is 12.0 Å². The lowest BCUT2D eigenvalue weighted by atomic mass is 9.44. The largest absolute Gasteiger partial charge is 0.390 e. The number of halogens is 2. The normalized spacial score (nSPS) is 47.1. The van der Waals surface area contributed by atoms with Gasteiger partial charge >= 0.3 is 0 Å². The average molecular weight is 492 g/mol. The molecule has 5 aliphatic rings. The van der Waals surface area contributed by atoms with Crippen molar-refractivity contribution in [2.75, 3.05) is 19.8 Å². The van der Waals surface area contributed by atoms with E-state index in [4.69, 9.17) is 4.84 Å². The van der Waals surface area contributed by atoms with Crippen LogP contribution < -0.4 is 0 Å². The molecule has 0 spiro atoms. The number of hydroxylamine groups is 2. The lowest BCUT2D eigenvalue weighted by molar-refractivity contribution is -0.265. The van der Waals surface area contributed by atoms with E-state index in [1.807, 2.05) is 12.0 Å². The first kappa shape index (κ1) is 25.2. The van der Waals surface area contributed by atoms with Crippen molar-refractivity contribution in [1.82, 2.24) is 5.06 Å². The number of aliphatic hydroxyl groups is 1. The molecule has 1 saturated heterocycles. The minimum absolute atomic E-state index is 0.0185. The number of carbonyl (C=O) groups excluding carboxylic acids is 2. The van der Waals surface area contributed by atoms with E-state index in [1.54, 1.807) is 13.0 Å². The van der Waals surface area contributed by atoms with Gasteiger partial charge in [-0.3, -0.25) is 14.4 Å². The van der Waals surface area contributed by atoms with Crippen LogP contribution in [0.1, 0.15) is 66.7 Å². The van der Waals surface area contributed by atoms with Crippen LogP contribution in [0.4, 0.5) is 8.78 Å². The predicted octanol–water partition coefficient (Wildman–Crippen LogP) is 4.54. The van der Waals surface area contributed by atoms with Gasteiger partial charge in [0.1, 0.15) is 0 Å². The number of nitrogens with zero attached hydrogens (tertiary/aromatic N) is 1. The molecule has 35 heavy (non-hydrogen) atoms. The Hall–Kier alpha value is -1.44. The Kier molecular flexibility index (Phi) is 5.61. The van der Waals surface area contributed by atoms with Gasteiger partial charge in [-0.25, -0.2) is 8.78 Å². The van der Waals surface area contributed by atoms with Gasteiger partial charge in [0.05, 0.1) is 6.10 Å². The topological polar surface area (TPSA) is 66.8 Å². The number of alkyl halides is 2. The Morgan fingerprint density at radius 3 is 2.66 bits per heavy atom. The highest BCUT2D eigenvalue weighted by atomic mass is 19.1. The fraction of sp³-hybridized carbons (Fsp3) is 0.786. The summed E-state index contributed by atoms with van der Waals surface area (Å²) in [5, 5.41) is 13.3. The molecule has 8 atom stereocenters. The van der Waals surface area contributed by atoms with Gasteiger partial charge in [0.25, 0.3) is 0 Å². The quantitative estimate of drug-likeness (QED) is 0.625. The SMILES string of the molecule is CC(C)(C)CCN1C[C@@H]2C[C@H]3[C@@H]4CCC5=CC(=O)C=C[C@]5(C)[C@@]4(F)[C@@H](O)C[C@]3(C)[C@]2(C(=O)CF)O1. The van der Waals surface area contributed by atoms with Crippen LogP contribution in [0, 0.1) is 34.0 Å². The first-order chi connectivity index (χ1) is 16.2. The summed E-state index contributed by atoms with van der Waals surface area (Å²) in [6.45, 7) is 10.1. The lowest BCUT2D eigenvalue weighted by Crippen LogP contribution is -2.69. The number of allylic oxidation sites excluding steroid dienone is 4. The third-order valence-electron chi connectivity index (χ3n) is 10.3. The minimum atomic E-state index is -1.97.